The maximum absolute atomic E-state index is 12.6. The topological polar surface area (TPSA) is 82.4 Å². The summed E-state index contributed by atoms with van der Waals surface area (Å²) in [6, 6.07) is 7.34. The SMILES string of the molecule is CC[C@H](NS(=O)(=O)N(CC)C[C@@H](C)C#N)c1ccccc1OC(F)F. The first-order chi connectivity index (χ1) is 11.7. The molecular weight excluding hydrogens is 352 g/mol. The summed E-state index contributed by atoms with van der Waals surface area (Å²) < 4.78 is 58.5. The largest absolute Gasteiger partial charge is 0.434 e. The Morgan fingerprint density at radius 2 is 1.96 bits per heavy atom. The monoisotopic (exact) mass is 375 g/mol. The molecule has 25 heavy (non-hydrogen) atoms. The molecule has 1 aromatic rings. The van der Waals surface area contributed by atoms with Crippen molar-refractivity contribution in [2.24, 2.45) is 5.92 Å². The number of halogens is 2. The zero-order valence-electron chi connectivity index (χ0n) is 14.4. The first-order valence-electron chi connectivity index (χ1n) is 7.95. The molecule has 9 heteroatoms. The Labute approximate surface area is 147 Å². The molecule has 0 aliphatic carbocycles. The fourth-order valence-electron chi connectivity index (χ4n) is 2.34. The summed E-state index contributed by atoms with van der Waals surface area (Å²) in [4.78, 5) is 0. The van der Waals surface area contributed by atoms with E-state index < -0.39 is 28.8 Å². The molecule has 0 aliphatic heterocycles. The van der Waals surface area contributed by atoms with Gasteiger partial charge >= 0.3 is 6.61 Å². The molecule has 0 heterocycles. The van der Waals surface area contributed by atoms with Gasteiger partial charge in [-0.2, -0.15) is 31.5 Å². The van der Waals surface area contributed by atoms with E-state index in [4.69, 9.17) is 5.26 Å². The number of nitrogens with zero attached hydrogens (tertiary/aromatic N) is 2. The zero-order chi connectivity index (χ0) is 19.0. The molecule has 1 N–H and O–H groups in total. The van der Waals surface area contributed by atoms with Gasteiger partial charge in [0.25, 0.3) is 10.2 Å². The van der Waals surface area contributed by atoms with Gasteiger partial charge in [0.15, 0.2) is 0 Å². The van der Waals surface area contributed by atoms with Gasteiger partial charge in [0.05, 0.1) is 18.0 Å². The lowest BCUT2D eigenvalue weighted by atomic mass is 10.0. The summed E-state index contributed by atoms with van der Waals surface area (Å²) in [5.74, 6) is -0.536. The molecule has 1 rings (SSSR count). The van der Waals surface area contributed by atoms with Crippen LogP contribution < -0.4 is 9.46 Å². The van der Waals surface area contributed by atoms with E-state index in [2.05, 4.69) is 9.46 Å². The van der Waals surface area contributed by atoms with E-state index in [-0.39, 0.29) is 18.8 Å². The highest BCUT2D eigenvalue weighted by molar-refractivity contribution is 7.87. The molecule has 0 bridgehead atoms. The van der Waals surface area contributed by atoms with Crippen LogP contribution >= 0.6 is 0 Å². The quantitative estimate of drug-likeness (QED) is 0.681. The van der Waals surface area contributed by atoms with E-state index in [1.807, 2.05) is 6.07 Å². The number of alkyl halides is 2. The van der Waals surface area contributed by atoms with E-state index >= 15 is 0 Å². The van der Waals surface area contributed by atoms with Crippen molar-refractivity contribution in [3.05, 3.63) is 29.8 Å². The Bertz CT molecular complexity index is 692. The molecule has 0 saturated heterocycles. The maximum Gasteiger partial charge on any atom is 0.387 e. The van der Waals surface area contributed by atoms with E-state index in [1.165, 1.54) is 12.1 Å². The van der Waals surface area contributed by atoms with Crippen molar-refractivity contribution in [2.45, 2.75) is 39.8 Å². The fraction of sp³-hybridized carbons (Fsp3) is 0.562. The fourth-order valence-corrected chi connectivity index (χ4v) is 3.90. The summed E-state index contributed by atoms with van der Waals surface area (Å²) in [5.41, 5.74) is 0.332. The summed E-state index contributed by atoms with van der Waals surface area (Å²) in [7, 11) is -3.89. The van der Waals surface area contributed by atoms with Crippen LogP contribution in [-0.2, 0) is 10.2 Å². The van der Waals surface area contributed by atoms with Gasteiger partial charge in [0.1, 0.15) is 5.75 Å². The highest BCUT2D eigenvalue weighted by atomic mass is 32.2. The molecule has 0 saturated carbocycles. The summed E-state index contributed by atoms with van der Waals surface area (Å²) in [5, 5.41) is 8.89. The summed E-state index contributed by atoms with van der Waals surface area (Å²) in [6.07, 6.45) is 0.341. The second kappa shape index (κ2) is 9.65. The van der Waals surface area contributed by atoms with Crippen LogP contribution in [0.2, 0.25) is 0 Å². The molecule has 0 radical (unpaired) electrons. The van der Waals surface area contributed by atoms with Crippen LogP contribution in [-0.4, -0.2) is 32.4 Å². The van der Waals surface area contributed by atoms with Gasteiger partial charge in [-0.05, 0) is 19.4 Å². The van der Waals surface area contributed by atoms with Crippen molar-refractivity contribution in [1.82, 2.24) is 9.03 Å². The number of hydrogen-bond donors (Lipinski definition) is 1. The van der Waals surface area contributed by atoms with Crippen molar-refractivity contribution >= 4 is 10.2 Å². The third-order valence-corrected chi connectivity index (χ3v) is 5.27. The Kier molecular flexibility index (Phi) is 8.22. The molecule has 0 unspecified atom stereocenters. The van der Waals surface area contributed by atoms with Gasteiger partial charge in [0.2, 0.25) is 0 Å². The average molecular weight is 375 g/mol. The predicted molar refractivity (Wildman–Crippen MR) is 90.2 cm³/mol. The number of rotatable bonds is 10. The van der Waals surface area contributed by atoms with Crippen LogP contribution in [0.5, 0.6) is 5.75 Å². The lowest BCUT2D eigenvalue weighted by molar-refractivity contribution is -0.0506. The third-order valence-electron chi connectivity index (χ3n) is 3.60. The molecule has 6 nitrogen and oxygen atoms in total. The molecule has 1 aromatic carbocycles. The van der Waals surface area contributed by atoms with Crippen molar-refractivity contribution in [2.75, 3.05) is 13.1 Å². The minimum Gasteiger partial charge on any atom is -0.434 e. The van der Waals surface area contributed by atoms with Crippen LogP contribution in [0, 0.1) is 17.2 Å². The highest BCUT2D eigenvalue weighted by Crippen LogP contribution is 2.29. The average Bonchev–Trinajstić information content (AvgIpc) is 2.57. The lowest BCUT2D eigenvalue weighted by Gasteiger charge is -2.26. The van der Waals surface area contributed by atoms with Crippen molar-refractivity contribution in [1.29, 1.82) is 5.26 Å². The summed E-state index contributed by atoms with van der Waals surface area (Å²) in [6.45, 7) is 2.26. The minimum absolute atomic E-state index is 0.0496. The Morgan fingerprint density at radius 1 is 1.32 bits per heavy atom. The molecule has 0 amide bonds. The smallest absolute Gasteiger partial charge is 0.387 e. The molecule has 0 fully saturated rings. The van der Waals surface area contributed by atoms with Gasteiger partial charge in [-0.3, -0.25) is 0 Å². The predicted octanol–water partition coefficient (Wildman–Crippen LogP) is 3.06. The number of ether oxygens (including phenoxy) is 1. The van der Waals surface area contributed by atoms with Gasteiger partial charge in [-0.25, -0.2) is 0 Å². The minimum atomic E-state index is -3.89. The Morgan fingerprint density at radius 3 is 2.48 bits per heavy atom. The standard InChI is InChI=1S/C16H23F2N3O3S/c1-4-14(13-8-6-7-9-15(13)24-16(17)18)20-25(22,23)21(5-2)11-12(3)10-19/h6-9,12,14,16,20H,4-5,11H2,1-3H3/t12-,14-/m0/s1. The number of benzene rings is 1. The van der Waals surface area contributed by atoms with Gasteiger partial charge in [-0.15, -0.1) is 0 Å². The first-order valence-corrected chi connectivity index (χ1v) is 9.39. The Balaban J connectivity index is 3.07. The van der Waals surface area contributed by atoms with Crippen LogP contribution in [0.4, 0.5) is 8.78 Å². The lowest BCUT2D eigenvalue weighted by Crippen LogP contribution is -2.44. The van der Waals surface area contributed by atoms with Gasteiger partial charge < -0.3 is 4.74 Å². The zero-order valence-corrected chi connectivity index (χ0v) is 15.3. The second-order valence-corrected chi connectivity index (χ2v) is 7.18. The molecule has 140 valence electrons. The van der Waals surface area contributed by atoms with Crippen molar-refractivity contribution < 1.29 is 21.9 Å². The third kappa shape index (κ3) is 6.23. The molecule has 0 spiro atoms. The maximum atomic E-state index is 12.6. The van der Waals surface area contributed by atoms with E-state index in [1.54, 1.807) is 32.9 Å². The van der Waals surface area contributed by atoms with Crippen LogP contribution in [0.3, 0.4) is 0 Å². The van der Waals surface area contributed by atoms with Crippen LogP contribution in [0.15, 0.2) is 24.3 Å². The van der Waals surface area contributed by atoms with Gasteiger partial charge in [0, 0.05) is 18.7 Å². The van der Waals surface area contributed by atoms with E-state index in [0.717, 1.165) is 4.31 Å². The van der Waals surface area contributed by atoms with E-state index in [0.29, 0.717) is 12.0 Å². The number of nitrogens with one attached hydrogen (secondary N) is 1. The van der Waals surface area contributed by atoms with Crippen LogP contribution in [0.25, 0.3) is 0 Å². The molecule has 0 aliphatic rings. The number of nitriles is 1. The molecule has 2 atom stereocenters. The second-order valence-electron chi connectivity index (χ2n) is 5.48. The van der Waals surface area contributed by atoms with Crippen molar-refractivity contribution in [3.63, 3.8) is 0 Å². The normalized spacial score (nSPS) is 14.3. The van der Waals surface area contributed by atoms with Crippen molar-refractivity contribution in [3.8, 4) is 11.8 Å². The number of hydrogen-bond acceptors (Lipinski definition) is 4. The highest BCUT2D eigenvalue weighted by Gasteiger charge is 2.27. The molecular formula is C16H23F2N3O3S. The Hall–Kier alpha value is -1.76. The summed E-state index contributed by atoms with van der Waals surface area (Å²) >= 11 is 0. The van der Waals surface area contributed by atoms with E-state index in [9.17, 15) is 17.2 Å². The number of para-hydroxylation sites is 1. The van der Waals surface area contributed by atoms with Crippen LogP contribution in [0.1, 0.15) is 38.8 Å². The molecule has 0 aromatic heterocycles. The first kappa shape index (κ1) is 21.3. The van der Waals surface area contributed by atoms with Gasteiger partial charge in [-0.1, -0.05) is 32.0 Å².